The molecule has 5 heteroatoms. The normalized spacial score (nSPS) is 20.1. The topological polar surface area (TPSA) is 37.3 Å². The van der Waals surface area contributed by atoms with Gasteiger partial charge in [0.25, 0.3) is 0 Å². The summed E-state index contributed by atoms with van der Waals surface area (Å²) in [5.41, 5.74) is 1.92. The molecular weight excluding hydrogens is 293 g/mol. The first-order valence-corrected chi connectivity index (χ1v) is 7.19. The number of hydrogen-bond acceptors (Lipinski definition) is 2. The number of amidine groups is 1. The van der Waals surface area contributed by atoms with Gasteiger partial charge in [0.1, 0.15) is 16.7 Å². The molecule has 0 amide bonds. The van der Waals surface area contributed by atoms with Crippen molar-refractivity contribution in [2.45, 2.75) is 18.9 Å². The van der Waals surface area contributed by atoms with Crippen LogP contribution < -0.4 is 5.32 Å². The fourth-order valence-corrected chi connectivity index (χ4v) is 2.67. The number of hydrogen-bond donors (Lipinski definition) is 1. The number of rotatable bonds is 2. The van der Waals surface area contributed by atoms with Crippen molar-refractivity contribution in [3.8, 4) is 0 Å². The molecule has 0 spiro atoms. The lowest BCUT2D eigenvalue weighted by atomic mass is 10.1. The first kappa shape index (κ1) is 13.4. The van der Waals surface area contributed by atoms with Gasteiger partial charge in [0, 0.05) is 6.42 Å². The van der Waals surface area contributed by atoms with E-state index in [2.05, 4.69) is 27.4 Å². The van der Waals surface area contributed by atoms with Crippen molar-refractivity contribution >= 4 is 34.7 Å². The Hall–Kier alpha value is -1.58. The second-order valence-corrected chi connectivity index (χ2v) is 5.39. The Morgan fingerprint density at radius 2 is 1.90 bits per heavy atom. The Balaban J connectivity index is 1.78. The van der Waals surface area contributed by atoms with Crippen molar-refractivity contribution in [1.29, 1.82) is 0 Å². The van der Waals surface area contributed by atoms with E-state index in [1.165, 1.54) is 5.56 Å². The molecule has 0 radical (unpaired) electrons. The van der Waals surface area contributed by atoms with Crippen molar-refractivity contribution in [2.24, 2.45) is 4.99 Å². The Kier molecular flexibility index (Phi) is 3.90. The number of nitrogens with zero attached hydrogens (tertiary/aromatic N) is 2. The highest BCUT2D eigenvalue weighted by Crippen LogP contribution is 2.28. The summed E-state index contributed by atoms with van der Waals surface area (Å²) in [5.74, 6) is 0.935. The zero-order valence-electron chi connectivity index (χ0n) is 10.7. The van der Waals surface area contributed by atoms with E-state index in [9.17, 15) is 0 Å². The van der Waals surface area contributed by atoms with Gasteiger partial charge in [-0.3, -0.25) is 0 Å². The van der Waals surface area contributed by atoms with Gasteiger partial charge in [0.05, 0.1) is 6.04 Å². The minimum Gasteiger partial charge on any atom is -0.367 e. The number of aliphatic imine (C=N–C) groups is 1. The number of aromatic nitrogens is 1. The van der Waals surface area contributed by atoms with Crippen LogP contribution in [0.5, 0.6) is 0 Å². The predicted octanol–water partition coefficient (Wildman–Crippen LogP) is 4.54. The predicted molar refractivity (Wildman–Crippen MR) is 82.9 cm³/mol. The molecule has 1 fully saturated rings. The summed E-state index contributed by atoms with van der Waals surface area (Å²) in [6.07, 6.45) is 1.93. The third-order valence-electron chi connectivity index (χ3n) is 3.26. The third kappa shape index (κ3) is 2.94. The van der Waals surface area contributed by atoms with Crippen LogP contribution in [0.15, 0.2) is 47.5 Å². The molecule has 1 aromatic carbocycles. The van der Waals surface area contributed by atoms with Crippen LogP contribution in [-0.2, 0) is 0 Å². The van der Waals surface area contributed by atoms with Crippen LogP contribution in [0.3, 0.4) is 0 Å². The van der Waals surface area contributed by atoms with Gasteiger partial charge in [0.15, 0.2) is 5.15 Å². The first-order chi connectivity index (χ1) is 9.72. The summed E-state index contributed by atoms with van der Waals surface area (Å²) in [7, 11) is 0. The summed E-state index contributed by atoms with van der Waals surface area (Å²) in [6, 6.07) is 14.1. The molecular formula is C15H13Cl2N3. The molecule has 0 unspecified atom stereocenters. The van der Waals surface area contributed by atoms with E-state index in [0.717, 1.165) is 18.7 Å². The van der Waals surface area contributed by atoms with Gasteiger partial charge in [-0.1, -0.05) is 53.5 Å². The van der Waals surface area contributed by atoms with E-state index in [1.807, 2.05) is 18.2 Å². The molecule has 3 rings (SSSR count). The molecule has 0 bridgehead atoms. The summed E-state index contributed by atoms with van der Waals surface area (Å²) >= 11 is 11.8. The summed E-state index contributed by atoms with van der Waals surface area (Å²) in [6.45, 7) is 0. The van der Waals surface area contributed by atoms with Crippen LogP contribution >= 0.6 is 23.2 Å². The Morgan fingerprint density at radius 1 is 1.10 bits per heavy atom. The molecule has 0 aliphatic carbocycles. The average Bonchev–Trinajstić information content (AvgIpc) is 2.92. The van der Waals surface area contributed by atoms with Gasteiger partial charge in [-0.25, -0.2) is 9.98 Å². The van der Waals surface area contributed by atoms with E-state index in [4.69, 9.17) is 23.2 Å². The van der Waals surface area contributed by atoms with E-state index >= 15 is 0 Å². The molecule has 0 saturated carbocycles. The SMILES string of the molecule is Clc1ccc(/N=C2/CC[C@H](c3ccccc3)N2)c(Cl)n1. The smallest absolute Gasteiger partial charge is 0.156 e. The molecule has 1 N–H and O–H groups in total. The maximum Gasteiger partial charge on any atom is 0.156 e. The number of benzene rings is 1. The van der Waals surface area contributed by atoms with Crippen molar-refractivity contribution < 1.29 is 0 Å². The molecule has 1 aliphatic heterocycles. The first-order valence-electron chi connectivity index (χ1n) is 6.43. The maximum absolute atomic E-state index is 6.03. The zero-order valence-corrected chi connectivity index (χ0v) is 12.2. The lowest BCUT2D eigenvalue weighted by Crippen LogP contribution is -2.18. The van der Waals surface area contributed by atoms with Crippen LogP contribution in [0, 0.1) is 0 Å². The quantitative estimate of drug-likeness (QED) is 0.827. The number of pyridine rings is 1. The van der Waals surface area contributed by atoms with E-state index in [-0.39, 0.29) is 0 Å². The zero-order chi connectivity index (χ0) is 13.9. The highest BCUT2D eigenvalue weighted by atomic mass is 35.5. The second kappa shape index (κ2) is 5.81. The van der Waals surface area contributed by atoms with Crippen molar-refractivity contribution in [3.63, 3.8) is 0 Å². The highest BCUT2D eigenvalue weighted by Gasteiger charge is 2.21. The van der Waals surface area contributed by atoms with Crippen LogP contribution in [-0.4, -0.2) is 10.8 Å². The second-order valence-electron chi connectivity index (χ2n) is 4.65. The molecule has 1 aliphatic rings. The highest BCUT2D eigenvalue weighted by molar-refractivity contribution is 6.34. The summed E-state index contributed by atoms with van der Waals surface area (Å²) in [4.78, 5) is 8.52. The van der Waals surface area contributed by atoms with Crippen LogP contribution in [0.1, 0.15) is 24.4 Å². The molecule has 1 aromatic heterocycles. The number of halogens is 2. The Morgan fingerprint density at radius 3 is 2.65 bits per heavy atom. The third-order valence-corrected chi connectivity index (χ3v) is 3.75. The fourth-order valence-electron chi connectivity index (χ4n) is 2.28. The van der Waals surface area contributed by atoms with Gasteiger partial charge >= 0.3 is 0 Å². The lowest BCUT2D eigenvalue weighted by Gasteiger charge is -2.10. The fraction of sp³-hybridized carbons (Fsp3) is 0.200. The van der Waals surface area contributed by atoms with Crippen LogP contribution in [0.4, 0.5) is 5.69 Å². The van der Waals surface area contributed by atoms with Crippen molar-refractivity contribution in [1.82, 2.24) is 10.3 Å². The Labute approximate surface area is 127 Å². The van der Waals surface area contributed by atoms with Gasteiger partial charge in [-0.2, -0.15) is 0 Å². The summed E-state index contributed by atoms with van der Waals surface area (Å²) < 4.78 is 0. The molecule has 2 aromatic rings. The molecule has 1 atom stereocenters. The molecule has 3 nitrogen and oxygen atoms in total. The Bertz CT molecular complexity index is 641. The van der Waals surface area contributed by atoms with Crippen LogP contribution in [0.25, 0.3) is 0 Å². The van der Waals surface area contributed by atoms with Gasteiger partial charge < -0.3 is 5.32 Å². The van der Waals surface area contributed by atoms with Crippen LogP contribution in [0.2, 0.25) is 10.3 Å². The van der Waals surface area contributed by atoms with Crippen molar-refractivity contribution in [2.75, 3.05) is 0 Å². The number of nitrogens with one attached hydrogen (secondary N) is 1. The average molecular weight is 306 g/mol. The standard InChI is InChI=1S/C15H13Cl2N3/c16-13-8-6-12(15(17)20-13)19-14-9-7-11(18-14)10-4-2-1-3-5-10/h1-6,8,11H,7,9H2,(H,18,19)/t11-/m1/s1. The minimum absolute atomic E-state index is 0.314. The largest absolute Gasteiger partial charge is 0.367 e. The molecule has 1 saturated heterocycles. The molecule has 102 valence electrons. The molecule has 2 heterocycles. The maximum atomic E-state index is 6.03. The monoisotopic (exact) mass is 305 g/mol. The minimum atomic E-state index is 0.314. The van der Waals surface area contributed by atoms with E-state index in [0.29, 0.717) is 22.0 Å². The lowest BCUT2D eigenvalue weighted by molar-refractivity contribution is 0.674. The van der Waals surface area contributed by atoms with Gasteiger partial charge in [0.2, 0.25) is 0 Å². The van der Waals surface area contributed by atoms with Gasteiger partial charge in [-0.15, -0.1) is 0 Å². The summed E-state index contributed by atoms with van der Waals surface area (Å²) in [5, 5.41) is 4.13. The van der Waals surface area contributed by atoms with Gasteiger partial charge in [-0.05, 0) is 24.1 Å². The van der Waals surface area contributed by atoms with E-state index in [1.54, 1.807) is 12.1 Å². The molecule has 20 heavy (non-hydrogen) atoms. The van der Waals surface area contributed by atoms with Crippen molar-refractivity contribution in [3.05, 3.63) is 58.3 Å². The van der Waals surface area contributed by atoms with E-state index < -0.39 is 0 Å².